The number of hydrogen-bond acceptors (Lipinski definition) is 6. The number of rotatable bonds is 6. The normalized spacial score (nSPS) is 11.6. The van der Waals surface area contributed by atoms with E-state index in [1.807, 2.05) is 30.3 Å². The van der Waals surface area contributed by atoms with Crippen molar-refractivity contribution in [3.63, 3.8) is 0 Å². The summed E-state index contributed by atoms with van der Waals surface area (Å²) in [6.45, 7) is 3.85. The number of carbonyl (C=O) groups excluding carboxylic acids is 1. The molecule has 0 saturated carbocycles. The molecule has 0 aliphatic heterocycles. The largest absolute Gasteiger partial charge is 0.389 e. The van der Waals surface area contributed by atoms with Crippen LogP contribution in [-0.4, -0.2) is 43.1 Å². The third kappa shape index (κ3) is 4.00. The Hall–Kier alpha value is -3.58. The van der Waals surface area contributed by atoms with Crippen molar-refractivity contribution >= 4 is 17.6 Å². The van der Waals surface area contributed by atoms with Crippen molar-refractivity contribution in [2.75, 3.05) is 11.9 Å². The number of anilines is 1. The fourth-order valence-corrected chi connectivity index (χ4v) is 3.00. The van der Waals surface area contributed by atoms with Gasteiger partial charge in [0.05, 0.1) is 28.9 Å². The molecule has 0 saturated heterocycles. The van der Waals surface area contributed by atoms with E-state index in [4.69, 9.17) is 5.10 Å². The summed E-state index contributed by atoms with van der Waals surface area (Å²) in [5.74, 6) is 0. The van der Waals surface area contributed by atoms with E-state index in [2.05, 4.69) is 15.3 Å². The van der Waals surface area contributed by atoms with Crippen LogP contribution < -0.4 is 5.32 Å². The van der Waals surface area contributed by atoms with Gasteiger partial charge >= 0.3 is 0 Å². The lowest BCUT2D eigenvalue weighted by Crippen LogP contribution is -2.29. The Morgan fingerprint density at radius 2 is 1.83 bits per heavy atom. The van der Waals surface area contributed by atoms with Gasteiger partial charge in [0.2, 0.25) is 0 Å². The van der Waals surface area contributed by atoms with Gasteiger partial charge in [-0.2, -0.15) is 5.10 Å². The van der Waals surface area contributed by atoms with Crippen LogP contribution in [0, 0.1) is 0 Å². The summed E-state index contributed by atoms with van der Waals surface area (Å²) < 4.78 is 1.78. The van der Waals surface area contributed by atoms with Gasteiger partial charge in [-0.15, -0.1) is 0 Å². The molecule has 4 rings (SSSR count). The fourth-order valence-electron chi connectivity index (χ4n) is 3.00. The van der Waals surface area contributed by atoms with E-state index in [0.29, 0.717) is 17.8 Å². The monoisotopic (exact) mass is 387 g/mol. The zero-order chi connectivity index (χ0) is 20.4. The van der Waals surface area contributed by atoms with Crippen molar-refractivity contribution in [2.45, 2.75) is 19.4 Å². The molecule has 7 heteroatoms. The molecule has 0 spiro atoms. The van der Waals surface area contributed by atoms with Crippen molar-refractivity contribution in [1.29, 1.82) is 0 Å². The molecule has 0 unspecified atom stereocenters. The predicted molar refractivity (Wildman–Crippen MR) is 112 cm³/mol. The Bertz CT molecular complexity index is 1150. The highest BCUT2D eigenvalue weighted by molar-refractivity contribution is 5.79. The van der Waals surface area contributed by atoms with Gasteiger partial charge in [-0.3, -0.25) is 9.78 Å². The summed E-state index contributed by atoms with van der Waals surface area (Å²) in [4.78, 5) is 19.6. The number of aliphatic hydroxyl groups is 1. The average molecular weight is 387 g/mol. The second-order valence-electron chi connectivity index (χ2n) is 7.46. The van der Waals surface area contributed by atoms with E-state index in [1.54, 1.807) is 49.1 Å². The summed E-state index contributed by atoms with van der Waals surface area (Å²) in [7, 11) is 0. The molecule has 0 radical (unpaired) electrons. The molecule has 0 fully saturated rings. The number of carbonyl (C=O) groups is 1. The number of hydrogen-bond donors (Lipinski definition) is 2. The van der Waals surface area contributed by atoms with Crippen LogP contribution in [0.5, 0.6) is 0 Å². The van der Waals surface area contributed by atoms with Crippen molar-refractivity contribution in [2.24, 2.45) is 0 Å². The lowest BCUT2D eigenvalue weighted by molar-refractivity contribution is 0.0945. The highest BCUT2D eigenvalue weighted by Crippen LogP contribution is 2.28. The second-order valence-corrected chi connectivity index (χ2v) is 7.46. The molecule has 0 atom stereocenters. The summed E-state index contributed by atoms with van der Waals surface area (Å²) in [6.07, 6.45) is 6.01. The van der Waals surface area contributed by atoms with Crippen LogP contribution in [-0.2, 0) is 0 Å². The van der Waals surface area contributed by atoms with E-state index in [1.165, 1.54) is 0 Å². The quantitative estimate of drug-likeness (QED) is 0.492. The van der Waals surface area contributed by atoms with Crippen LogP contribution in [0.25, 0.3) is 28.2 Å². The third-order valence-corrected chi connectivity index (χ3v) is 4.50. The molecule has 0 bridgehead atoms. The molecule has 3 aromatic heterocycles. The number of imidazole rings is 1. The minimum Gasteiger partial charge on any atom is -0.389 e. The van der Waals surface area contributed by atoms with Gasteiger partial charge < -0.3 is 10.4 Å². The van der Waals surface area contributed by atoms with Crippen LogP contribution >= 0.6 is 0 Å². The van der Waals surface area contributed by atoms with E-state index in [0.717, 1.165) is 34.5 Å². The van der Waals surface area contributed by atoms with Crippen LogP contribution in [0.4, 0.5) is 5.69 Å². The Balaban J connectivity index is 1.87. The maximum Gasteiger partial charge on any atom is 0.177 e. The first kappa shape index (κ1) is 18.8. The van der Waals surface area contributed by atoms with Crippen molar-refractivity contribution < 1.29 is 9.90 Å². The predicted octanol–water partition coefficient (Wildman–Crippen LogP) is 3.45. The first-order chi connectivity index (χ1) is 13.9. The van der Waals surface area contributed by atoms with Crippen molar-refractivity contribution in [1.82, 2.24) is 19.6 Å². The zero-order valence-electron chi connectivity index (χ0n) is 16.2. The molecular weight excluding hydrogens is 366 g/mol. The number of pyridine rings is 1. The van der Waals surface area contributed by atoms with Gasteiger partial charge in [0.25, 0.3) is 0 Å². The molecule has 0 amide bonds. The molecule has 2 N–H and O–H groups in total. The van der Waals surface area contributed by atoms with Crippen LogP contribution in [0.1, 0.15) is 24.2 Å². The minimum absolute atomic E-state index is 0.360. The lowest BCUT2D eigenvalue weighted by Gasteiger charge is -2.19. The van der Waals surface area contributed by atoms with Gasteiger partial charge in [-0.25, -0.2) is 9.50 Å². The number of nitrogens with one attached hydrogen (secondary N) is 1. The Morgan fingerprint density at radius 1 is 1.10 bits per heavy atom. The Morgan fingerprint density at radius 3 is 2.48 bits per heavy atom. The average Bonchev–Trinajstić information content (AvgIpc) is 3.16. The Labute approximate surface area is 168 Å². The van der Waals surface area contributed by atoms with Crippen LogP contribution in [0.3, 0.4) is 0 Å². The summed E-state index contributed by atoms with van der Waals surface area (Å²) >= 11 is 0. The standard InChI is InChI=1S/C22H21N5O2/c1-22(2,29)14-25-19-11-18(16-7-9-23-10-8-16)26-27-20(12-24-21(19)27)17-5-3-15(13-28)4-6-17/h3-13,25,29H,14H2,1-2H3. The number of aromatic nitrogens is 4. The molecule has 0 aliphatic rings. The number of benzene rings is 1. The SMILES string of the molecule is CC(C)(O)CNc1cc(-c2ccncc2)nn2c(-c3ccc(C=O)cc3)cnc12. The van der Waals surface area contributed by atoms with Gasteiger partial charge in [0, 0.05) is 35.6 Å². The molecule has 7 nitrogen and oxygen atoms in total. The van der Waals surface area contributed by atoms with Gasteiger partial charge in [0.1, 0.15) is 6.29 Å². The van der Waals surface area contributed by atoms with Gasteiger partial charge in [-0.1, -0.05) is 24.3 Å². The van der Waals surface area contributed by atoms with Crippen molar-refractivity contribution in [3.8, 4) is 22.5 Å². The topological polar surface area (TPSA) is 92.4 Å². The summed E-state index contributed by atoms with van der Waals surface area (Å²) in [5.41, 5.74) is 4.53. The highest BCUT2D eigenvalue weighted by atomic mass is 16.3. The first-order valence-electron chi connectivity index (χ1n) is 9.26. The molecule has 1 aromatic carbocycles. The van der Waals surface area contributed by atoms with Crippen LogP contribution in [0.15, 0.2) is 61.1 Å². The molecule has 146 valence electrons. The molecular formula is C22H21N5O2. The summed E-state index contributed by atoms with van der Waals surface area (Å²) in [6, 6.07) is 13.0. The molecule has 29 heavy (non-hydrogen) atoms. The van der Waals surface area contributed by atoms with Gasteiger partial charge in [-0.05, 0) is 32.0 Å². The van der Waals surface area contributed by atoms with E-state index < -0.39 is 5.60 Å². The van der Waals surface area contributed by atoms with Gasteiger partial charge in [0.15, 0.2) is 5.65 Å². The smallest absolute Gasteiger partial charge is 0.177 e. The third-order valence-electron chi connectivity index (χ3n) is 4.50. The van der Waals surface area contributed by atoms with Crippen molar-refractivity contribution in [3.05, 3.63) is 66.6 Å². The Kier molecular flexibility index (Phi) is 4.82. The molecule has 4 aromatic rings. The molecule has 3 heterocycles. The number of fused-ring (bicyclic) bond motifs is 1. The zero-order valence-corrected chi connectivity index (χ0v) is 16.2. The maximum absolute atomic E-state index is 11.0. The van der Waals surface area contributed by atoms with E-state index in [-0.39, 0.29) is 0 Å². The fraction of sp³-hybridized carbons (Fsp3) is 0.182. The second kappa shape index (κ2) is 7.44. The minimum atomic E-state index is -0.878. The van der Waals surface area contributed by atoms with Crippen LogP contribution in [0.2, 0.25) is 0 Å². The van der Waals surface area contributed by atoms with E-state index >= 15 is 0 Å². The lowest BCUT2D eigenvalue weighted by atomic mass is 10.1. The maximum atomic E-state index is 11.0. The molecule has 0 aliphatic carbocycles. The highest BCUT2D eigenvalue weighted by Gasteiger charge is 2.17. The first-order valence-corrected chi connectivity index (χ1v) is 9.26. The number of aldehydes is 1. The summed E-state index contributed by atoms with van der Waals surface area (Å²) in [5, 5.41) is 18.2. The van der Waals surface area contributed by atoms with E-state index in [9.17, 15) is 9.90 Å². The number of nitrogens with zero attached hydrogens (tertiary/aromatic N) is 4.